The van der Waals surface area contributed by atoms with Crippen LogP contribution in [0.3, 0.4) is 0 Å². The molecule has 0 saturated carbocycles. The lowest BCUT2D eigenvalue weighted by atomic mass is 9.96. The first-order valence-electron chi connectivity index (χ1n) is 16.8. The van der Waals surface area contributed by atoms with E-state index in [4.69, 9.17) is 9.47 Å². The molecule has 1 aromatic heterocycles. The topological polar surface area (TPSA) is 143 Å². The lowest BCUT2D eigenvalue weighted by Gasteiger charge is -2.16. The number of fused-ring (bicyclic) bond motifs is 1. The quantitative estimate of drug-likeness (QED) is 0.0657. The highest BCUT2D eigenvalue weighted by molar-refractivity contribution is 8.00. The van der Waals surface area contributed by atoms with Crippen LogP contribution < -0.4 is 20.7 Å². The largest absolute Gasteiger partial charge is 0.508 e. The molecule has 0 aliphatic heterocycles. The van der Waals surface area contributed by atoms with Gasteiger partial charge in [-0.25, -0.2) is 4.79 Å². The first kappa shape index (κ1) is 37.2. The van der Waals surface area contributed by atoms with Crippen LogP contribution in [0, 0.1) is 0 Å². The van der Waals surface area contributed by atoms with E-state index in [9.17, 15) is 24.3 Å². The SMILES string of the molecule is CCC(Sc1cccc(NC(=O)/C(=C\c2ccc(O)cc2OC)NC(=O)c2ccccc2)c1)C(=O)Nc1sc2c(c1C(=O)OC)CCCCCC2. The second kappa shape index (κ2) is 17.7. The fourth-order valence-corrected chi connectivity index (χ4v) is 8.06. The maximum absolute atomic E-state index is 13.7. The zero-order chi connectivity index (χ0) is 36.3. The average molecular weight is 728 g/mol. The number of hydrogen-bond acceptors (Lipinski definition) is 9. The summed E-state index contributed by atoms with van der Waals surface area (Å²) in [6.45, 7) is 1.92. The van der Waals surface area contributed by atoms with Crippen molar-refractivity contribution in [3.63, 3.8) is 0 Å². The number of anilines is 2. The van der Waals surface area contributed by atoms with Crippen molar-refractivity contribution in [2.75, 3.05) is 24.9 Å². The van der Waals surface area contributed by atoms with Crippen molar-refractivity contribution in [2.45, 2.75) is 62.0 Å². The van der Waals surface area contributed by atoms with Crippen molar-refractivity contribution >= 4 is 63.6 Å². The van der Waals surface area contributed by atoms with Crippen LogP contribution in [-0.4, -0.2) is 48.3 Å². The Kier molecular flexibility index (Phi) is 12.9. The summed E-state index contributed by atoms with van der Waals surface area (Å²) in [7, 11) is 2.80. The maximum Gasteiger partial charge on any atom is 0.341 e. The molecule has 1 atom stereocenters. The van der Waals surface area contributed by atoms with Gasteiger partial charge in [-0.15, -0.1) is 23.1 Å². The summed E-state index contributed by atoms with van der Waals surface area (Å²) in [6.07, 6.45) is 7.93. The molecule has 1 aliphatic carbocycles. The summed E-state index contributed by atoms with van der Waals surface area (Å²) in [6, 6.07) is 20.0. The zero-order valence-electron chi connectivity index (χ0n) is 28.7. The summed E-state index contributed by atoms with van der Waals surface area (Å²) >= 11 is 2.81. The first-order valence-corrected chi connectivity index (χ1v) is 18.5. The smallest absolute Gasteiger partial charge is 0.341 e. The van der Waals surface area contributed by atoms with E-state index in [-0.39, 0.29) is 17.4 Å². The Balaban J connectivity index is 1.34. The number of nitrogens with one attached hydrogen (secondary N) is 3. The van der Waals surface area contributed by atoms with E-state index in [1.54, 1.807) is 54.6 Å². The Morgan fingerprint density at radius 2 is 1.69 bits per heavy atom. The van der Waals surface area contributed by atoms with Crippen LogP contribution in [0.4, 0.5) is 10.7 Å². The number of amides is 3. The minimum absolute atomic E-state index is 0.0130. The number of carbonyl (C=O) groups is 4. The Hall–Kier alpha value is -5.07. The number of aryl methyl sites for hydroxylation is 1. The Morgan fingerprint density at radius 1 is 0.922 bits per heavy atom. The third-order valence-electron chi connectivity index (χ3n) is 8.38. The number of esters is 1. The number of phenols is 1. The first-order chi connectivity index (χ1) is 24.7. The number of ether oxygens (including phenoxy) is 2. The minimum Gasteiger partial charge on any atom is -0.508 e. The van der Waals surface area contributed by atoms with Gasteiger partial charge in [-0.2, -0.15) is 0 Å². The normalized spacial score (nSPS) is 13.5. The summed E-state index contributed by atoms with van der Waals surface area (Å²) in [4.78, 5) is 55.2. The van der Waals surface area contributed by atoms with Crippen molar-refractivity contribution in [3.05, 3.63) is 106 Å². The Labute approximate surface area is 305 Å². The van der Waals surface area contributed by atoms with E-state index in [2.05, 4.69) is 16.0 Å². The lowest BCUT2D eigenvalue weighted by Crippen LogP contribution is -2.30. The molecule has 0 fully saturated rings. The van der Waals surface area contributed by atoms with Crippen LogP contribution in [0.25, 0.3) is 6.08 Å². The fourth-order valence-electron chi connectivity index (χ4n) is 5.77. The van der Waals surface area contributed by atoms with Gasteiger partial charge in [0.25, 0.3) is 11.8 Å². The van der Waals surface area contributed by atoms with Gasteiger partial charge >= 0.3 is 5.97 Å². The number of hydrogen-bond donors (Lipinski definition) is 4. The van der Waals surface area contributed by atoms with Crippen LogP contribution in [0.15, 0.2) is 83.4 Å². The minimum atomic E-state index is -0.593. The number of thioether (sulfide) groups is 1. The summed E-state index contributed by atoms with van der Waals surface area (Å²) < 4.78 is 10.5. The second-order valence-electron chi connectivity index (χ2n) is 11.9. The fraction of sp³-hybridized carbons (Fsp3) is 0.282. The standard InChI is InChI=1S/C39H41N3O7S2/c1-4-32(37(46)42-38-34(39(47)49-3)29-17-10-5-6-11-18-33(29)51-38)50-28-16-12-15-26(22-28)40-36(45)30(41-35(44)24-13-8-7-9-14-24)21-25-19-20-27(43)23-31(25)48-2/h7-9,12-16,19-23,32,43H,4-6,10-11,17-18H2,1-3H3,(H,40,45)(H,41,44)(H,42,46)/b30-21+. The molecular weight excluding hydrogens is 687 g/mol. The van der Waals surface area contributed by atoms with E-state index < -0.39 is 23.0 Å². The highest BCUT2D eigenvalue weighted by Crippen LogP contribution is 2.38. The van der Waals surface area contributed by atoms with E-state index >= 15 is 0 Å². The third-order valence-corrected chi connectivity index (χ3v) is 10.9. The molecule has 0 saturated heterocycles. The molecule has 5 rings (SSSR count). The Bertz CT molecular complexity index is 1920. The molecule has 266 valence electrons. The molecule has 0 bridgehead atoms. The van der Waals surface area contributed by atoms with Gasteiger partial charge < -0.3 is 30.5 Å². The zero-order valence-corrected chi connectivity index (χ0v) is 30.4. The van der Waals surface area contributed by atoms with E-state index in [1.807, 2.05) is 13.0 Å². The van der Waals surface area contributed by atoms with Crippen LogP contribution in [0.1, 0.15) is 75.7 Å². The molecule has 12 heteroatoms. The lowest BCUT2D eigenvalue weighted by molar-refractivity contribution is -0.116. The van der Waals surface area contributed by atoms with Gasteiger partial charge in [0.1, 0.15) is 22.2 Å². The number of benzene rings is 3. The highest BCUT2D eigenvalue weighted by Gasteiger charge is 2.28. The molecule has 1 unspecified atom stereocenters. The van der Waals surface area contributed by atoms with Gasteiger partial charge in [0.15, 0.2) is 0 Å². The number of carbonyl (C=O) groups excluding carboxylic acids is 4. The van der Waals surface area contributed by atoms with Gasteiger partial charge in [0.05, 0.1) is 25.0 Å². The van der Waals surface area contributed by atoms with Gasteiger partial charge in [-0.3, -0.25) is 14.4 Å². The second-order valence-corrected chi connectivity index (χ2v) is 14.3. The van der Waals surface area contributed by atoms with Crippen molar-refractivity contribution in [1.29, 1.82) is 0 Å². The molecule has 10 nitrogen and oxygen atoms in total. The number of aromatic hydroxyl groups is 1. The molecule has 51 heavy (non-hydrogen) atoms. The predicted molar refractivity (Wildman–Crippen MR) is 202 cm³/mol. The molecule has 3 aromatic carbocycles. The van der Waals surface area contributed by atoms with Crippen molar-refractivity contribution < 1.29 is 33.8 Å². The highest BCUT2D eigenvalue weighted by atomic mass is 32.2. The van der Waals surface area contributed by atoms with Crippen molar-refractivity contribution in [1.82, 2.24) is 5.32 Å². The van der Waals surface area contributed by atoms with Gasteiger partial charge in [0, 0.05) is 32.7 Å². The van der Waals surface area contributed by atoms with Crippen LogP contribution in [0.5, 0.6) is 11.5 Å². The number of phenolic OH excluding ortho intramolecular Hbond substituents is 1. The summed E-state index contributed by atoms with van der Waals surface area (Å²) in [5.41, 5.74) is 2.67. The van der Waals surface area contributed by atoms with Gasteiger partial charge in [-0.1, -0.05) is 44.0 Å². The van der Waals surface area contributed by atoms with Gasteiger partial charge in [-0.05, 0) is 86.2 Å². The van der Waals surface area contributed by atoms with Crippen LogP contribution in [0.2, 0.25) is 0 Å². The molecule has 0 spiro atoms. The molecule has 1 heterocycles. The van der Waals surface area contributed by atoms with E-state index in [0.29, 0.717) is 39.5 Å². The molecule has 1 aliphatic rings. The molecule has 4 N–H and O–H groups in total. The van der Waals surface area contributed by atoms with Crippen molar-refractivity contribution in [2.24, 2.45) is 0 Å². The van der Waals surface area contributed by atoms with Gasteiger partial charge in [0.2, 0.25) is 5.91 Å². The molecule has 3 amide bonds. The summed E-state index contributed by atoms with van der Waals surface area (Å²) in [5.74, 6) is -1.45. The predicted octanol–water partition coefficient (Wildman–Crippen LogP) is 7.83. The average Bonchev–Trinajstić information content (AvgIpc) is 3.45. The Morgan fingerprint density at radius 3 is 2.41 bits per heavy atom. The molecule has 0 radical (unpaired) electrons. The monoisotopic (exact) mass is 727 g/mol. The van der Waals surface area contributed by atoms with Crippen molar-refractivity contribution in [3.8, 4) is 11.5 Å². The van der Waals surface area contributed by atoms with E-state index in [1.165, 1.54) is 55.5 Å². The number of methoxy groups -OCH3 is 2. The summed E-state index contributed by atoms with van der Waals surface area (Å²) in [5, 5.41) is 18.6. The van der Waals surface area contributed by atoms with Crippen LogP contribution >= 0.6 is 23.1 Å². The maximum atomic E-state index is 13.7. The van der Waals surface area contributed by atoms with Crippen LogP contribution in [-0.2, 0) is 27.2 Å². The molecular formula is C39H41N3O7S2. The third kappa shape index (κ3) is 9.59. The molecule has 4 aromatic rings. The van der Waals surface area contributed by atoms with E-state index in [0.717, 1.165) is 53.9 Å². The number of thiophene rings is 1. The number of rotatable bonds is 12.